The molecular weight excluding hydrogens is 232 g/mol. The molecule has 1 fully saturated rings. The zero-order valence-electron chi connectivity index (χ0n) is 10.8. The number of hydrogen-bond donors (Lipinski definition) is 1. The van der Waals surface area contributed by atoms with Gasteiger partial charge in [-0.1, -0.05) is 6.92 Å². The Hall–Kier alpha value is -1.76. The molecule has 0 amide bonds. The lowest BCUT2D eigenvalue weighted by Gasteiger charge is -2.30. The molecule has 0 spiro atoms. The molecule has 3 heterocycles. The highest BCUT2D eigenvalue weighted by atomic mass is 16.5. The predicted octanol–water partition coefficient (Wildman–Crippen LogP) is -0.117. The van der Waals surface area contributed by atoms with Gasteiger partial charge in [0.1, 0.15) is 5.52 Å². The summed E-state index contributed by atoms with van der Waals surface area (Å²) in [6, 6.07) is 0. The van der Waals surface area contributed by atoms with Crippen LogP contribution in [0.15, 0.2) is 0 Å². The molecule has 1 saturated heterocycles. The summed E-state index contributed by atoms with van der Waals surface area (Å²) in [5, 5.41) is 6.65. The van der Waals surface area contributed by atoms with Crippen LogP contribution in [0.1, 0.15) is 12.6 Å². The normalized spacial score (nSPS) is 16.7. The second-order valence-electron chi connectivity index (χ2n) is 4.44. The Balaban J connectivity index is 2.15. The number of aryl methyl sites for hydroxylation is 2. The number of nitrogens with two attached hydrogens (primary N) is 1. The van der Waals surface area contributed by atoms with Gasteiger partial charge in [-0.05, 0) is 6.42 Å². The van der Waals surface area contributed by atoms with Crippen LogP contribution in [0.2, 0.25) is 0 Å². The first kappa shape index (κ1) is 11.3. The summed E-state index contributed by atoms with van der Waals surface area (Å²) in [5.41, 5.74) is 8.91. The molecule has 2 aromatic rings. The van der Waals surface area contributed by atoms with Crippen molar-refractivity contribution >= 4 is 17.1 Å². The molecule has 2 N–H and O–H groups in total. The van der Waals surface area contributed by atoms with Gasteiger partial charge in [-0.3, -0.25) is 0 Å². The van der Waals surface area contributed by atoms with Crippen LogP contribution >= 0.6 is 0 Å². The first-order valence-electron chi connectivity index (χ1n) is 6.25. The summed E-state index contributed by atoms with van der Waals surface area (Å²) in [6.07, 6.45) is 0.858. The fraction of sp³-hybridized carbons (Fsp3) is 0.636. The van der Waals surface area contributed by atoms with E-state index in [9.17, 15) is 0 Å². The number of anilines is 1. The third kappa shape index (κ3) is 1.54. The molecular formula is C11H18N6O. The fourth-order valence-electron chi connectivity index (χ4n) is 2.45. The Kier molecular flexibility index (Phi) is 2.62. The van der Waals surface area contributed by atoms with Crippen LogP contribution in [0.5, 0.6) is 0 Å². The van der Waals surface area contributed by atoms with Crippen molar-refractivity contribution in [1.82, 2.24) is 19.4 Å². The van der Waals surface area contributed by atoms with Gasteiger partial charge >= 0.3 is 0 Å². The van der Waals surface area contributed by atoms with Crippen molar-refractivity contribution in [1.29, 1.82) is 0 Å². The minimum Gasteiger partial charge on any atom is -0.378 e. The SMILES string of the molecule is CCc1nn(C)c2c1nc(N)n2N1CCOCC1. The van der Waals surface area contributed by atoms with Gasteiger partial charge in [-0.25, -0.2) is 14.3 Å². The number of nitrogens with zero attached hydrogens (tertiary/aromatic N) is 5. The minimum absolute atomic E-state index is 0.523. The molecule has 18 heavy (non-hydrogen) atoms. The highest BCUT2D eigenvalue weighted by Gasteiger charge is 2.22. The number of ether oxygens (including phenoxy) is 1. The molecule has 0 saturated carbocycles. The van der Waals surface area contributed by atoms with Crippen molar-refractivity contribution in [2.75, 3.05) is 37.0 Å². The van der Waals surface area contributed by atoms with E-state index in [2.05, 4.69) is 22.0 Å². The van der Waals surface area contributed by atoms with Gasteiger partial charge in [-0.15, -0.1) is 0 Å². The van der Waals surface area contributed by atoms with Gasteiger partial charge in [0.05, 0.1) is 32.0 Å². The maximum Gasteiger partial charge on any atom is 0.222 e. The third-order valence-corrected chi connectivity index (χ3v) is 3.31. The van der Waals surface area contributed by atoms with Crippen LogP contribution in [0.3, 0.4) is 0 Å². The zero-order valence-corrected chi connectivity index (χ0v) is 10.8. The zero-order chi connectivity index (χ0) is 12.7. The van der Waals surface area contributed by atoms with Crippen molar-refractivity contribution in [3.8, 4) is 0 Å². The average Bonchev–Trinajstić information content (AvgIpc) is 2.87. The second kappa shape index (κ2) is 4.16. The van der Waals surface area contributed by atoms with Gasteiger partial charge in [0.25, 0.3) is 0 Å². The maximum absolute atomic E-state index is 6.05. The Bertz CT molecular complexity index is 566. The molecule has 7 heteroatoms. The molecule has 0 aliphatic carbocycles. The topological polar surface area (TPSA) is 74.1 Å². The molecule has 0 bridgehead atoms. The van der Waals surface area contributed by atoms with E-state index < -0.39 is 0 Å². The van der Waals surface area contributed by atoms with Gasteiger partial charge < -0.3 is 15.5 Å². The predicted molar refractivity (Wildman–Crippen MR) is 69.1 cm³/mol. The first-order valence-corrected chi connectivity index (χ1v) is 6.25. The number of hydrogen-bond acceptors (Lipinski definition) is 5. The number of fused-ring (bicyclic) bond motifs is 1. The summed E-state index contributed by atoms with van der Waals surface area (Å²) in [7, 11) is 1.93. The molecule has 2 aromatic heterocycles. The number of rotatable bonds is 2. The highest BCUT2D eigenvalue weighted by molar-refractivity contribution is 5.78. The van der Waals surface area contributed by atoms with Gasteiger partial charge in [0.15, 0.2) is 5.65 Å². The average molecular weight is 250 g/mol. The molecule has 98 valence electrons. The highest BCUT2D eigenvalue weighted by Crippen LogP contribution is 2.21. The van der Waals surface area contributed by atoms with Crippen LogP contribution in [0.4, 0.5) is 5.95 Å². The Labute approximate surface area is 105 Å². The van der Waals surface area contributed by atoms with Crippen LogP contribution in [-0.2, 0) is 18.2 Å². The molecule has 1 aliphatic rings. The number of aromatic nitrogens is 4. The Morgan fingerprint density at radius 3 is 2.72 bits per heavy atom. The number of nitrogen functional groups attached to an aromatic ring is 1. The van der Waals surface area contributed by atoms with Crippen LogP contribution in [0.25, 0.3) is 11.2 Å². The quantitative estimate of drug-likeness (QED) is 0.804. The molecule has 1 aliphatic heterocycles. The van der Waals surface area contributed by atoms with Crippen LogP contribution < -0.4 is 10.7 Å². The summed E-state index contributed by atoms with van der Waals surface area (Å²) < 4.78 is 9.18. The maximum atomic E-state index is 6.05. The lowest BCUT2D eigenvalue weighted by atomic mass is 10.3. The van der Waals surface area contributed by atoms with Crippen LogP contribution in [-0.4, -0.2) is 45.7 Å². The molecule has 0 atom stereocenters. The summed E-state index contributed by atoms with van der Waals surface area (Å²) in [4.78, 5) is 4.45. The molecule has 0 unspecified atom stereocenters. The molecule has 0 aromatic carbocycles. The van der Waals surface area contributed by atoms with E-state index in [1.807, 2.05) is 16.4 Å². The summed E-state index contributed by atoms with van der Waals surface area (Å²) >= 11 is 0. The Morgan fingerprint density at radius 1 is 1.33 bits per heavy atom. The molecule has 7 nitrogen and oxygen atoms in total. The number of imidazole rings is 1. The number of morpholine rings is 1. The van der Waals surface area contributed by atoms with E-state index in [0.717, 1.165) is 49.6 Å². The monoisotopic (exact) mass is 250 g/mol. The largest absolute Gasteiger partial charge is 0.378 e. The summed E-state index contributed by atoms with van der Waals surface area (Å²) in [6.45, 7) is 5.16. The lowest BCUT2D eigenvalue weighted by molar-refractivity contribution is 0.112. The van der Waals surface area contributed by atoms with Gasteiger partial charge in [-0.2, -0.15) is 5.10 Å². The van der Waals surface area contributed by atoms with Crippen molar-refractivity contribution in [2.45, 2.75) is 13.3 Å². The van der Waals surface area contributed by atoms with Gasteiger partial charge in [0.2, 0.25) is 5.95 Å². The standard InChI is InChI=1S/C11H18N6O/c1-3-8-9-10(15(2)14-8)17(11(12)13-9)16-4-6-18-7-5-16/h3-7H2,1-2H3,(H2,12,13). The summed E-state index contributed by atoms with van der Waals surface area (Å²) in [5.74, 6) is 0.523. The first-order chi connectivity index (χ1) is 8.72. The van der Waals surface area contributed by atoms with E-state index in [0.29, 0.717) is 5.95 Å². The minimum atomic E-state index is 0.523. The van der Waals surface area contributed by atoms with Crippen molar-refractivity contribution < 1.29 is 4.74 Å². The van der Waals surface area contributed by atoms with E-state index in [1.54, 1.807) is 0 Å². The van der Waals surface area contributed by atoms with Crippen molar-refractivity contribution in [3.63, 3.8) is 0 Å². The molecule has 0 radical (unpaired) electrons. The fourth-order valence-corrected chi connectivity index (χ4v) is 2.45. The smallest absolute Gasteiger partial charge is 0.222 e. The van der Waals surface area contributed by atoms with E-state index in [-0.39, 0.29) is 0 Å². The van der Waals surface area contributed by atoms with Crippen molar-refractivity contribution in [2.24, 2.45) is 7.05 Å². The second-order valence-corrected chi connectivity index (χ2v) is 4.44. The van der Waals surface area contributed by atoms with E-state index in [1.165, 1.54) is 0 Å². The third-order valence-electron chi connectivity index (χ3n) is 3.31. The van der Waals surface area contributed by atoms with E-state index >= 15 is 0 Å². The van der Waals surface area contributed by atoms with Crippen molar-refractivity contribution in [3.05, 3.63) is 5.69 Å². The van der Waals surface area contributed by atoms with E-state index in [4.69, 9.17) is 10.5 Å². The van der Waals surface area contributed by atoms with Gasteiger partial charge in [0, 0.05) is 7.05 Å². The molecule has 3 rings (SSSR count). The lowest BCUT2D eigenvalue weighted by Crippen LogP contribution is -2.44. The Morgan fingerprint density at radius 2 is 2.06 bits per heavy atom. The van der Waals surface area contributed by atoms with Crippen LogP contribution in [0, 0.1) is 0 Å².